The van der Waals surface area contributed by atoms with Crippen LogP contribution in [0.15, 0.2) is 29.4 Å². The van der Waals surface area contributed by atoms with Crippen molar-refractivity contribution < 1.29 is 5.21 Å². The van der Waals surface area contributed by atoms with Crippen molar-refractivity contribution in [3.8, 4) is 0 Å². The monoisotopic (exact) mass is 230 g/mol. The Kier molecular flexibility index (Phi) is 2.75. The number of nitrogens with zero attached hydrogens (tertiary/aromatic N) is 2. The van der Waals surface area contributed by atoms with E-state index < -0.39 is 0 Å². The molecule has 0 bridgehead atoms. The molecule has 1 aromatic rings. The molecule has 1 fully saturated rings. The minimum atomic E-state index is 0.832. The molecule has 0 spiro atoms. The lowest BCUT2D eigenvalue weighted by molar-refractivity contribution is 0.318. The van der Waals surface area contributed by atoms with Crippen LogP contribution in [0.3, 0.4) is 0 Å². The van der Waals surface area contributed by atoms with Gasteiger partial charge in [-0.25, -0.2) is 0 Å². The van der Waals surface area contributed by atoms with Crippen LogP contribution in [0.1, 0.15) is 31.2 Å². The molecule has 0 aromatic heterocycles. The van der Waals surface area contributed by atoms with Crippen LogP contribution >= 0.6 is 0 Å². The predicted octanol–water partition coefficient (Wildman–Crippen LogP) is 2.88. The Hall–Kier alpha value is -1.51. The van der Waals surface area contributed by atoms with Gasteiger partial charge in [-0.05, 0) is 37.7 Å². The summed E-state index contributed by atoms with van der Waals surface area (Å²) in [6, 6.07) is 8.30. The number of para-hydroxylation sites is 1. The first-order valence-electron chi connectivity index (χ1n) is 6.44. The van der Waals surface area contributed by atoms with Crippen LogP contribution in [0.4, 0.5) is 5.69 Å². The normalized spacial score (nSPS) is 22.4. The minimum Gasteiger partial charge on any atom is -0.411 e. The first-order chi connectivity index (χ1) is 8.38. The molecule has 0 saturated heterocycles. The summed E-state index contributed by atoms with van der Waals surface area (Å²) in [6.07, 6.45) is 4.69. The number of fused-ring (bicyclic) bond motifs is 1. The van der Waals surface area contributed by atoms with E-state index in [4.69, 9.17) is 5.21 Å². The van der Waals surface area contributed by atoms with Crippen molar-refractivity contribution in [3.05, 3.63) is 29.8 Å². The van der Waals surface area contributed by atoms with Gasteiger partial charge in [-0.3, -0.25) is 0 Å². The number of hydrogen-bond donors (Lipinski definition) is 1. The predicted molar refractivity (Wildman–Crippen MR) is 68.9 cm³/mol. The summed E-state index contributed by atoms with van der Waals surface area (Å²) in [5.41, 5.74) is 3.18. The van der Waals surface area contributed by atoms with Gasteiger partial charge in [-0.2, -0.15) is 0 Å². The molecular weight excluding hydrogens is 212 g/mol. The fourth-order valence-corrected chi connectivity index (χ4v) is 2.59. The number of benzene rings is 1. The molecule has 17 heavy (non-hydrogen) atoms. The van der Waals surface area contributed by atoms with Crippen LogP contribution in [0.5, 0.6) is 0 Å². The van der Waals surface area contributed by atoms with E-state index in [1.807, 2.05) is 6.07 Å². The maximum absolute atomic E-state index is 9.11. The SMILES string of the molecule is O/N=C1/CCCN(CC2CC2)c2ccccc21. The van der Waals surface area contributed by atoms with Crippen molar-refractivity contribution in [2.75, 3.05) is 18.0 Å². The topological polar surface area (TPSA) is 35.8 Å². The van der Waals surface area contributed by atoms with Crippen molar-refractivity contribution in [3.63, 3.8) is 0 Å². The van der Waals surface area contributed by atoms with Gasteiger partial charge in [0.05, 0.1) is 5.71 Å². The Morgan fingerprint density at radius 2 is 2.12 bits per heavy atom. The third kappa shape index (κ3) is 2.14. The zero-order valence-electron chi connectivity index (χ0n) is 9.97. The zero-order chi connectivity index (χ0) is 11.7. The average molecular weight is 230 g/mol. The summed E-state index contributed by atoms with van der Waals surface area (Å²) >= 11 is 0. The van der Waals surface area contributed by atoms with Gasteiger partial charge < -0.3 is 10.1 Å². The molecule has 1 aromatic carbocycles. The Labute approximate surface area is 102 Å². The van der Waals surface area contributed by atoms with Crippen LogP contribution < -0.4 is 4.90 Å². The van der Waals surface area contributed by atoms with Gasteiger partial charge >= 0.3 is 0 Å². The molecule has 3 heteroatoms. The second-order valence-electron chi connectivity index (χ2n) is 5.06. The van der Waals surface area contributed by atoms with Gasteiger partial charge in [-0.15, -0.1) is 0 Å². The molecule has 1 saturated carbocycles. The van der Waals surface area contributed by atoms with Crippen LogP contribution in [-0.2, 0) is 0 Å². The molecular formula is C14H18N2O. The first kappa shape index (κ1) is 10.6. The molecule has 0 unspecified atom stereocenters. The maximum Gasteiger partial charge on any atom is 0.0889 e. The minimum absolute atomic E-state index is 0.832. The highest BCUT2D eigenvalue weighted by Gasteiger charge is 2.27. The Morgan fingerprint density at radius 3 is 2.88 bits per heavy atom. The maximum atomic E-state index is 9.11. The highest BCUT2D eigenvalue weighted by atomic mass is 16.4. The highest BCUT2D eigenvalue weighted by Crippen LogP contribution is 2.34. The van der Waals surface area contributed by atoms with E-state index in [1.165, 1.54) is 18.5 Å². The van der Waals surface area contributed by atoms with Gasteiger partial charge in [0.2, 0.25) is 0 Å². The zero-order valence-corrected chi connectivity index (χ0v) is 9.97. The largest absolute Gasteiger partial charge is 0.411 e. The van der Waals surface area contributed by atoms with Crippen molar-refractivity contribution in [2.45, 2.75) is 25.7 Å². The van der Waals surface area contributed by atoms with Gasteiger partial charge in [0.15, 0.2) is 0 Å². The summed E-state index contributed by atoms with van der Waals surface area (Å²) in [7, 11) is 0. The summed E-state index contributed by atoms with van der Waals surface area (Å²) in [6.45, 7) is 2.24. The molecule has 3 nitrogen and oxygen atoms in total. The summed E-state index contributed by atoms with van der Waals surface area (Å²) in [5, 5.41) is 12.6. The van der Waals surface area contributed by atoms with Crippen molar-refractivity contribution >= 4 is 11.4 Å². The van der Waals surface area contributed by atoms with E-state index in [2.05, 4.69) is 28.3 Å². The molecule has 90 valence electrons. The van der Waals surface area contributed by atoms with Gasteiger partial charge in [0.25, 0.3) is 0 Å². The number of hydrogen-bond acceptors (Lipinski definition) is 3. The summed E-state index contributed by atoms with van der Waals surface area (Å²) in [4.78, 5) is 2.46. The molecule has 0 atom stereocenters. The quantitative estimate of drug-likeness (QED) is 0.626. The lowest BCUT2D eigenvalue weighted by atomic mass is 10.1. The third-order valence-corrected chi connectivity index (χ3v) is 3.69. The number of oxime groups is 1. The van der Waals surface area contributed by atoms with E-state index in [0.29, 0.717) is 0 Å². The van der Waals surface area contributed by atoms with Gasteiger partial charge in [-0.1, -0.05) is 23.4 Å². The highest BCUT2D eigenvalue weighted by molar-refractivity contribution is 6.05. The molecule has 0 radical (unpaired) electrons. The fourth-order valence-electron chi connectivity index (χ4n) is 2.59. The fraction of sp³-hybridized carbons (Fsp3) is 0.500. The number of anilines is 1. The molecule has 1 N–H and O–H groups in total. The van der Waals surface area contributed by atoms with Crippen LogP contribution in [-0.4, -0.2) is 24.0 Å². The third-order valence-electron chi connectivity index (χ3n) is 3.69. The first-order valence-corrected chi connectivity index (χ1v) is 6.44. The second-order valence-corrected chi connectivity index (χ2v) is 5.06. The summed E-state index contributed by atoms with van der Waals surface area (Å²) in [5.74, 6) is 0.885. The van der Waals surface area contributed by atoms with Gasteiger partial charge in [0.1, 0.15) is 0 Å². The standard InChI is InChI=1S/C14H18N2O/c17-15-13-5-3-9-16(10-11-7-8-11)14-6-2-1-4-12(13)14/h1-2,4,6,11,17H,3,5,7-10H2/b15-13-. The lowest BCUT2D eigenvalue weighted by Crippen LogP contribution is -2.26. The Morgan fingerprint density at radius 1 is 1.29 bits per heavy atom. The molecule has 1 aliphatic heterocycles. The number of rotatable bonds is 2. The van der Waals surface area contributed by atoms with Gasteiger partial charge in [0, 0.05) is 24.3 Å². The smallest absolute Gasteiger partial charge is 0.0889 e. The van der Waals surface area contributed by atoms with E-state index >= 15 is 0 Å². The van der Waals surface area contributed by atoms with E-state index in [9.17, 15) is 0 Å². The van der Waals surface area contributed by atoms with Crippen molar-refractivity contribution in [1.29, 1.82) is 0 Å². The summed E-state index contributed by atoms with van der Waals surface area (Å²) < 4.78 is 0. The second kappa shape index (κ2) is 4.40. The lowest BCUT2D eigenvalue weighted by Gasteiger charge is -2.24. The van der Waals surface area contributed by atoms with Crippen LogP contribution in [0.25, 0.3) is 0 Å². The van der Waals surface area contributed by atoms with Crippen LogP contribution in [0, 0.1) is 5.92 Å². The van der Waals surface area contributed by atoms with Crippen LogP contribution in [0.2, 0.25) is 0 Å². The van der Waals surface area contributed by atoms with E-state index in [0.717, 1.165) is 43.1 Å². The molecule has 1 heterocycles. The molecule has 0 amide bonds. The molecule has 1 aliphatic carbocycles. The molecule has 2 aliphatic rings. The van der Waals surface area contributed by atoms with E-state index in [-0.39, 0.29) is 0 Å². The van der Waals surface area contributed by atoms with Crippen molar-refractivity contribution in [2.24, 2.45) is 11.1 Å². The van der Waals surface area contributed by atoms with Crippen molar-refractivity contribution in [1.82, 2.24) is 0 Å². The average Bonchev–Trinajstić information content (AvgIpc) is 3.18. The Bertz CT molecular complexity index is 438. The van der Waals surface area contributed by atoms with E-state index in [1.54, 1.807) is 0 Å². The molecule has 3 rings (SSSR count). The Balaban J connectivity index is 1.96.